The summed E-state index contributed by atoms with van der Waals surface area (Å²) < 4.78 is 4.66. The minimum absolute atomic E-state index is 0.279. The lowest BCUT2D eigenvalue weighted by molar-refractivity contribution is -0.141. The molecule has 0 saturated heterocycles. The first kappa shape index (κ1) is 10.6. The SMILES string of the molecule is COC(=O)[C@@H]1C=C(c2ccc(N)nc2)CN1. The van der Waals surface area contributed by atoms with E-state index in [2.05, 4.69) is 15.0 Å². The molecule has 5 nitrogen and oxygen atoms in total. The third kappa shape index (κ3) is 2.04. The quantitative estimate of drug-likeness (QED) is 0.694. The van der Waals surface area contributed by atoms with Crippen molar-refractivity contribution in [3.63, 3.8) is 0 Å². The Morgan fingerprint density at radius 2 is 2.44 bits per heavy atom. The molecule has 0 spiro atoms. The van der Waals surface area contributed by atoms with Crippen LogP contribution in [0.2, 0.25) is 0 Å². The Hall–Kier alpha value is -1.88. The van der Waals surface area contributed by atoms with Crippen molar-refractivity contribution in [2.45, 2.75) is 6.04 Å². The highest BCUT2D eigenvalue weighted by atomic mass is 16.5. The lowest BCUT2D eigenvalue weighted by Crippen LogP contribution is -2.31. The summed E-state index contributed by atoms with van der Waals surface area (Å²) in [5.74, 6) is 0.207. The van der Waals surface area contributed by atoms with Crippen molar-refractivity contribution in [1.29, 1.82) is 0 Å². The van der Waals surface area contributed by atoms with Gasteiger partial charge in [0.05, 0.1) is 7.11 Å². The number of ether oxygens (including phenoxy) is 1. The van der Waals surface area contributed by atoms with Crippen LogP contribution in [0.5, 0.6) is 0 Å². The Kier molecular flexibility index (Phi) is 2.87. The average Bonchev–Trinajstić information content (AvgIpc) is 2.78. The minimum atomic E-state index is -0.363. The summed E-state index contributed by atoms with van der Waals surface area (Å²) >= 11 is 0. The van der Waals surface area contributed by atoms with Gasteiger partial charge in [0.25, 0.3) is 0 Å². The van der Waals surface area contributed by atoms with Gasteiger partial charge in [0.2, 0.25) is 0 Å². The predicted octanol–water partition coefficient (Wildman–Crippen LogP) is 0.192. The summed E-state index contributed by atoms with van der Waals surface area (Å²) in [5.41, 5.74) is 7.50. The van der Waals surface area contributed by atoms with E-state index in [0.717, 1.165) is 11.1 Å². The molecule has 3 N–H and O–H groups in total. The maximum atomic E-state index is 11.3. The fourth-order valence-electron chi connectivity index (χ4n) is 1.61. The van der Waals surface area contributed by atoms with Gasteiger partial charge in [-0.15, -0.1) is 0 Å². The predicted molar refractivity (Wildman–Crippen MR) is 60.4 cm³/mol. The standard InChI is InChI=1S/C11H13N3O2/c1-16-11(15)9-4-8(6-13-9)7-2-3-10(12)14-5-7/h2-5,9,13H,6H2,1H3,(H2,12,14)/t9-/m0/s1. The van der Waals surface area contributed by atoms with Gasteiger partial charge in [-0.1, -0.05) is 6.08 Å². The van der Waals surface area contributed by atoms with Crippen molar-refractivity contribution >= 4 is 17.4 Å². The largest absolute Gasteiger partial charge is 0.468 e. The zero-order valence-corrected chi connectivity index (χ0v) is 8.93. The number of hydrogen-bond acceptors (Lipinski definition) is 5. The molecule has 0 aliphatic carbocycles. The Balaban J connectivity index is 2.17. The van der Waals surface area contributed by atoms with Gasteiger partial charge >= 0.3 is 5.97 Å². The molecule has 0 aromatic carbocycles. The topological polar surface area (TPSA) is 77.2 Å². The van der Waals surface area contributed by atoms with Crippen LogP contribution in [0.1, 0.15) is 5.56 Å². The van der Waals surface area contributed by atoms with Gasteiger partial charge in [0.15, 0.2) is 0 Å². The summed E-state index contributed by atoms with van der Waals surface area (Å²) in [7, 11) is 1.38. The molecule has 0 saturated carbocycles. The second kappa shape index (κ2) is 4.32. The minimum Gasteiger partial charge on any atom is -0.468 e. The van der Waals surface area contributed by atoms with E-state index in [1.807, 2.05) is 12.1 Å². The number of nitrogens with two attached hydrogens (primary N) is 1. The van der Waals surface area contributed by atoms with Crippen molar-refractivity contribution in [2.24, 2.45) is 0 Å². The normalized spacial score (nSPS) is 19.3. The van der Waals surface area contributed by atoms with Crippen LogP contribution in [0.25, 0.3) is 5.57 Å². The number of rotatable bonds is 2. The molecule has 1 aliphatic heterocycles. The van der Waals surface area contributed by atoms with Crippen LogP contribution in [-0.4, -0.2) is 30.6 Å². The number of carbonyl (C=O) groups is 1. The molecule has 1 aromatic rings. The van der Waals surface area contributed by atoms with Crippen LogP contribution in [-0.2, 0) is 9.53 Å². The number of nitrogens with zero attached hydrogens (tertiary/aromatic N) is 1. The Morgan fingerprint density at radius 1 is 1.62 bits per heavy atom. The third-order valence-electron chi connectivity index (χ3n) is 2.49. The number of hydrogen-bond donors (Lipinski definition) is 2. The van der Waals surface area contributed by atoms with E-state index in [0.29, 0.717) is 12.4 Å². The van der Waals surface area contributed by atoms with Gasteiger partial charge in [0, 0.05) is 12.7 Å². The van der Waals surface area contributed by atoms with Crippen LogP contribution in [0.3, 0.4) is 0 Å². The van der Waals surface area contributed by atoms with Gasteiger partial charge in [-0.2, -0.15) is 0 Å². The monoisotopic (exact) mass is 219 g/mol. The molecule has 2 rings (SSSR count). The first-order chi connectivity index (χ1) is 7.70. The van der Waals surface area contributed by atoms with E-state index >= 15 is 0 Å². The molecule has 1 aromatic heterocycles. The van der Waals surface area contributed by atoms with Crippen molar-refractivity contribution < 1.29 is 9.53 Å². The molecule has 84 valence electrons. The van der Waals surface area contributed by atoms with Gasteiger partial charge in [-0.25, -0.2) is 4.98 Å². The summed E-state index contributed by atoms with van der Waals surface area (Å²) in [6.07, 6.45) is 3.54. The first-order valence-electron chi connectivity index (χ1n) is 4.94. The molecular weight excluding hydrogens is 206 g/mol. The van der Waals surface area contributed by atoms with Crippen LogP contribution in [0, 0.1) is 0 Å². The highest BCUT2D eigenvalue weighted by Gasteiger charge is 2.23. The summed E-state index contributed by atoms with van der Waals surface area (Å²) in [6, 6.07) is 3.26. The maximum absolute atomic E-state index is 11.3. The molecule has 0 fully saturated rings. The van der Waals surface area contributed by atoms with Crippen molar-refractivity contribution in [3.8, 4) is 0 Å². The number of aromatic nitrogens is 1. The van der Waals surface area contributed by atoms with Crippen LogP contribution in [0.4, 0.5) is 5.82 Å². The highest BCUT2D eigenvalue weighted by molar-refractivity contribution is 5.84. The third-order valence-corrected chi connectivity index (χ3v) is 2.49. The maximum Gasteiger partial charge on any atom is 0.326 e. The number of pyridine rings is 1. The fourth-order valence-corrected chi connectivity index (χ4v) is 1.61. The number of nitrogens with one attached hydrogen (secondary N) is 1. The van der Waals surface area contributed by atoms with E-state index in [-0.39, 0.29) is 12.0 Å². The second-order valence-corrected chi connectivity index (χ2v) is 3.55. The molecule has 0 radical (unpaired) electrons. The zero-order valence-electron chi connectivity index (χ0n) is 8.93. The molecule has 1 atom stereocenters. The lowest BCUT2D eigenvalue weighted by atomic mass is 10.1. The summed E-state index contributed by atoms with van der Waals surface area (Å²) in [4.78, 5) is 15.3. The van der Waals surface area contributed by atoms with Gasteiger partial charge in [-0.05, 0) is 23.3 Å². The van der Waals surface area contributed by atoms with E-state index in [1.165, 1.54) is 7.11 Å². The fraction of sp³-hybridized carbons (Fsp3) is 0.273. The Labute approximate surface area is 93.3 Å². The smallest absolute Gasteiger partial charge is 0.326 e. The molecule has 0 unspecified atom stereocenters. The highest BCUT2D eigenvalue weighted by Crippen LogP contribution is 2.19. The lowest BCUT2D eigenvalue weighted by Gasteiger charge is -2.04. The van der Waals surface area contributed by atoms with Crippen molar-refractivity contribution in [3.05, 3.63) is 30.0 Å². The van der Waals surface area contributed by atoms with Gasteiger partial charge < -0.3 is 10.5 Å². The molecule has 2 heterocycles. The molecule has 16 heavy (non-hydrogen) atoms. The molecule has 0 amide bonds. The average molecular weight is 219 g/mol. The number of carbonyl (C=O) groups excluding carboxylic acids is 1. The van der Waals surface area contributed by atoms with Crippen LogP contribution in [0.15, 0.2) is 24.4 Å². The Bertz CT molecular complexity index is 425. The Morgan fingerprint density at radius 3 is 3.06 bits per heavy atom. The van der Waals surface area contributed by atoms with E-state index in [4.69, 9.17) is 5.73 Å². The van der Waals surface area contributed by atoms with E-state index < -0.39 is 0 Å². The molecule has 5 heteroatoms. The van der Waals surface area contributed by atoms with Crippen LogP contribution < -0.4 is 11.1 Å². The summed E-state index contributed by atoms with van der Waals surface area (Å²) in [5, 5.41) is 3.04. The first-order valence-corrected chi connectivity index (χ1v) is 4.94. The molecule has 0 bridgehead atoms. The van der Waals surface area contributed by atoms with E-state index in [1.54, 1.807) is 12.3 Å². The number of methoxy groups -OCH3 is 1. The summed E-state index contributed by atoms with van der Waals surface area (Å²) in [6.45, 7) is 0.630. The van der Waals surface area contributed by atoms with Gasteiger partial charge in [0.1, 0.15) is 11.9 Å². The zero-order chi connectivity index (χ0) is 11.5. The van der Waals surface area contributed by atoms with Gasteiger partial charge in [-0.3, -0.25) is 10.1 Å². The van der Waals surface area contributed by atoms with E-state index in [9.17, 15) is 4.79 Å². The van der Waals surface area contributed by atoms with Crippen molar-refractivity contribution in [1.82, 2.24) is 10.3 Å². The number of anilines is 1. The second-order valence-electron chi connectivity index (χ2n) is 3.55. The number of nitrogen functional groups attached to an aromatic ring is 1. The molecule has 1 aliphatic rings. The molecular formula is C11H13N3O2. The number of esters is 1. The van der Waals surface area contributed by atoms with Crippen LogP contribution >= 0.6 is 0 Å². The van der Waals surface area contributed by atoms with Crippen molar-refractivity contribution in [2.75, 3.05) is 19.4 Å².